The second-order valence-corrected chi connectivity index (χ2v) is 2.98. The Balaban J connectivity index is 3.18. The highest BCUT2D eigenvalue weighted by molar-refractivity contribution is 5.41. The van der Waals surface area contributed by atoms with E-state index >= 15 is 0 Å². The molecule has 15 heavy (non-hydrogen) atoms. The molecule has 0 unspecified atom stereocenters. The van der Waals surface area contributed by atoms with Crippen molar-refractivity contribution in [2.45, 2.75) is 0 Å². The maximum absolute atomic E-state index is 8.70. The molecule has 1 aromatic rings. The van der Waals surface area contributed by atoms with Crippen LogP contribution in [-0.4, -0.2) is 43.2 Å². The van der Waals surface area contributed by atoms with Crippen LogP contribution >= 0.6 is 0 Å². The van der Waals surface area contributed by atoms with Crippen molar-refractivity contribution in [2.75, 3.05) is 38.1 Å². The zero-order valence-corrected chi connectivity index (χ0v) is 9.09. The predicted molar refractivity (Wildman–Crippen MR) is 54.7 cm³/mol. The third-order valence-electron chi connectivity index (χ3n) is 1.62. The number of ether oxygens (including phenoxy) is 1. The van der Waals surface area contributed by atoms with Crippen molar-refractivity contribution in [1.29, 1.82) is 5.26 Å². The van der Waals surface area contributed by atoms with E-state index in [-0.39, 0.29) is 12.0 Å². The fourth-order valence-corrected chi connectivity index (χ4v) is 0.822. The van der Waals surface area contributed by atoms with Gasteiger partial charge >= 0.3 is 6.01 Å². The summed E-state index contributed by atoms with van der Waals surface area (Å²) in [4.78, 5) is 15.0. The largest absolute Gasteiger partial charge is 0.467 e. The third-order valence-corrected chi connectivity index (χ3v) is 1.62. The van der Waals surface area contributed by atoms with Gasteiger partial charge in [0, 0.05) is 21.1 Å². The molecule has 0 fully saturated rings. The van der Waals surface area contributed by atoms with Crippen LogP contribution < -0.4 is 14.5 Å². The molecule has 0 bridgehead atoms. The number of rotatable bonds is 3. The zero-order chi connectivity index (χ0) is 11.4. The first-order valence-corrected chi connectivity index (χ1v) is 4.19. The SMILES string of the molecule is COc1nc(N(C)C)nc(N(C)C#N)n1. The highest BCUT2D eigenvalue weighted by Gasteiger charge is 2.11. The average Bonchev–Trinajstić information content (AvgIpc) is 2.27. The quantitative estimate of drug-likeness (QED) is 0.505. The van der Waals surface area contributed by atoms with Crippen LogP contribution in [0.4, 0.5) is 11.9 Å². The lowest BCUT2D eigenvalue weighted by atomic mass is 10.7. The Hall–Kier alpha value is -2.10. The monoisotopic (exact) mass is 208 g/mol. The number of anilines is 2. The molecule has 0 saturated carbocycles. The fourth-order valence-electron chi connectivity index (χ4n) is 0.822. The van der Waals surface area contributed by atoms with Gasteiger partial charge in [0.25, 0.3) is 0 Å². The summed E-state index contributed by atoms with van der Waals surface area (Å²) in [5, 5.41) is 8.70. The van der Waals surface area contributed by atoms with Crippen molar-refractivity contribution in [3.05, 3.63) is 0 Å². The smallest absolute Gasteiger partial charge is 0.322 e. The molecule has 0 atom stereocenters. The highest BCUT2D eigenvalue weighted by Crippen LogP contribution is 2.14. The molecule has 0 aliphatic carbocycles. The van der Waals surface area contributed by atoms with Crippen LogP contribution in [-0.2, 0) is 0 Å². The van der Waals surface area contributed by atoms with Crippen LogP contribution in [0.2, 0.25) is 0 Å². The molecular weight excluding hydrogens is 196 g/mol. The lowest BCUT2D eigenvalue weighted by Crippen LogP contribution is -2.18. The summed E-state index contributed by atoms with van der Waals surface area (Å²) in [5.41, 5.74) is 0. The van der Waals surface area contributed by atoms with Crippen LogP contribution in [0.15, 0.2) is 0 Å². The highest BCUT2D eigenvalue weighted by atomic mass is 16.5. The fraction of sp³-hybridized carbons (Fsp3) is 0.500. The molecule has 7 nitrogen and oxygen atoms in total. The second kappa shape index (κ2) is 4.41. The van der Waals surface area contributed by atoms with Crippen molar-refractivity contribution in [3.8, 4) is 12.2 Å². The van der Waals surface area contributed by atoms with Crippen LogP contribution in [0, 0.1) is 11.5 Å². The molecule has 1 heterocycles. The molecule has 0 saturated heterocycles. The summed E-state index contributed by atoms with van der Waals surface area (Å²) < 4.78 is 4.92. The van der Waals surface area contributed by atoms with Crippen LogP contribution in [0.3, 0.4) is 0 Å². The van der Waals surface area contributed by atoms with Gasteiger partial charge in [-0.1, -0.05) is 0 Å². The van der Waals surface area contributed by atoms with Gasteiger partial charge in [0.2, 0.25) is 11.9 Å². The van der Waals surface area contributed by atoms with Crippen LogP contribution in [0.1, 0.15) is 0 Å². The Kier molecular flexibility index (Phi) is 3.23. The first kappa shape index (κ1) is 11.0. The molecule has 0 aromatic carbocycles. The lowest BCUT2D eigenvalue weighted by molar-refractivity contribution is 0.378. The van der Waals surface area contributed by atoms with Gasteiger partial charge in [-0.25, -0.2) is 4.90 Å². The van der Waals surface area contributed by atoms with Crippen LogP contribution in [0.5, 0.6) is 6.01 Å². The molecule has 0 spiro atoms. The molecule has 1 aromatic heterocycles. The van der Waals surface area contributed by atoms with E-state index in [1.165, 1.54) is 12.0 Å². The summed E-state index contributed by atoms with van der Waals surface area (Å²) in [6, 6.07) is 0.186. The summed E-state index contributed by atoms with van der Waals surface area (Å²) in [6.45, 7) is 0. The van der Waals surface area contributed by atoms with E-state index in [0.29, 0.717) is 5.95 Å². The molecule has 0 amide bonds. The van der Waals surface area contributed by atoms with E-state index in [0.717, 1.165) is 0 Å². The van der Waals surface area contributed by atoms with E-state index in [2.05, 4.69) is 15.0 Å². The first-order valence-electron chi connectivity index (χ1n) is 4.19. The predicted octanol–water partition coefficient (Wildman–Crippen LogP) is -0.137. The topological polar surface area (TPSA) is 78.2 Å². The van der Waals surface area contributed by atoms with Gasteiger partial charge in [0.15, 0.2) is 6.19 Å². The van der Waals surface area contributed by atoms with Gasteiger partial charge in [-0.15, -0.1) is 0 Å². The second-order valence-electron chi connectivity index (χ2n) is 2.98. The van der Waals surface area contributed by atoms with Crippen molar-refractivity contribution < 1.29 is 4.74 Å². The summed E-state index contributed by atoms with van der Waals surface area (Å²) in [7, 11) is 6.62. The maximum Gasteiger partial charge on any atom is 0.322 e. The number of aromatic nitrogens is 3. The number of nitrogens with zero attached hydrogens (tertiary/aromatic N) is 6. The Morgan fingerprint density at radius 3 is 2.20 bits per heavy atom. The molecule has 0 N–H and O–H groups in total. The summed E-state index contributed by atoms with van der Waals surface area (Å²) >= 11 is 0. The van der Waals surface area contributed by atoms with Crippen LogP contribution in [0.25, 0.3) is 0 Å². The minimum Gasteiger partial charge on any atom is -0.467 e. The van der Waals surface area contributed by atoms with E-state index in [1.807, 2.05) is 6.19 Å². The minimum absolute atomic E-state index is 0.186. The third kappa shape index (κ3) is 2.43. The Bertz CT molecular complexity index is 385. The molecule has 0 aliphatic rings. The van der Waals surface area contributed by atoms with Gasteiger partial charge in [-0.05, 0) is 0 Å². The minimum atomic E-state index is 0.186. The van der Waals surface area contributed by atoms with E-state index in [9.17, 15) is 0 Å². The molecule has 80 valence electrons. The molecule has 0 radical (unpaired) electrons. The van der Waals surface area contributed by atoms with E-state index in [4.69, 9.17) is 10.00 Å². The number of hydrogen-bond donors (Lipinski definition) is 0. The molecule has 0 aliphatic heterocycles. The van der Waals surface area contributed by atoms with Crippen molar-refractivity contribution in [2.24, 2.45) is 0 Å². The van der Waals surface area contributed by atoms with Crippen molar-refractivity contribution in [3.63, 3.8) is 0 Å². The van der Waals surface area contributed by atoms with Gasteiger partial charge < -0.3 is 9.64 Å². The molecular formula is C8H12N6O. The van der Waals surface area contributed by atoms with Crippen molar-refractivity contribution in [1.82, 2.24) is 15.0 Å². The molecule has 7 heteroatoms. The maximum atomic E-state index is 8.70. The Morgan fingerprint density at radius 2 is 1.73 bits per heavy atom. The molecule has 1 rings (SSSR count). The number of hydrogen-bond acceptors (Lipinski definition) is 7. The number of nitriles is 1. The van der Waals surface area contributed by atoms with Gasteiger partial charge in [0.05, 0.1) is 7.11 Å². The van der Waals surface area contributed by atoms with E-state index < -0.39 is 0 Å². The Labute approximate surface area is 87.9 Å². The number of methoxy groups -OCH3 is 1. The summed E-state index contributed by atoms with van der Waals surface area (Å²) in [6.07, 6.45) is 1.91. The Morgan fingerprint density at radius 1 is 1.13 bits per heavy atom. The first-order chi connectivity index (χ1) is 7.08. The van der Waals surface area contributed by atoms with Crippen molar-refractivity contribution >= 4 is 11.9 Å². The summed E-state index contributed by atoms with van der Waals surface area (Å²) in [5.74, 6) is 0.701. The van der Waals surface area contributed by atoms with Gasteiger partial charge in [-0.3, -0.25) is 0 Å². The lowest BCUT2D eigenvalue weighted by Gasteiger charge is -2.13. The zero-order valence-electron chi connectivity index (χ0n) is 9.09. The van der Waals surface area contributed by atoms with E-state index in [1.54, 1.807) is 26.0 Å². The van der Waals surface area contributed by atoms with Gasteiger partial charge in [-0.2, -0.15) is 20.2 Å². The average molecular weight is 208 g/mol. The standard InChI is InChI=1S/C8H12N6O/c1-13(2)6-10-7(14(3)5-9)12-8(11-6)15-4/h1-4H3. The normalized spacial score (nSPS) is 9.27. The van der Waals surface area contributed by atoms with Gasteiger partial charge in [0.1, 0.15) is 0 Å².